The molecule has 1 atom stereocenters. The van der Waals surface area contributed by atoms with Crippen molar-refractivity contribution < 1.29 is 14.3 Å². The molecule has 1 aromatic rings. The van der Waals surface area contributed by atoms with E-state index in [1.165, 1.54) is 5.69 Å². The number of rotatable bonds is 8. The quantitative estimate of drug-likeness (QED) is 0.708. The minimum atomic E-state index is -0.633. The van der Waals surface area contributed by atoms with Crippen molar-refractivity contribution >= 4 is 17.7 Å². The zero-order chi connectivity index (χ0) is 18.9. The van der Waals surface area contributed by atoms with Gasteiger partial charge in [0.25, 0.3) is 0 Å². The molecule has 0 aliphatic rings. The summed E-state index contributed by atoms with van der Waals surface area (Å²) in [6.07, 6.45) is 0.240. The van der Waals surface area contributed by atoms with Gasteiger partial charge in [-0.2, -0.15) is 0 Å². The van der Waals surface area contributed by atoms with E-state index in [-0.39, 0.29) is 5.91 Å². The number of hydrogen-bond donors (Lipinski definition) is 2. The highest BCUT2D eigenvalue weighted by Crippen LogP contribution is 2.12. The fraction of sp³-hybridized carbons (Fsp3) is 0.579. The summed E-state index contributed by atoms with van der Waals surface area (Å²) in [5.74, 6) is -0.214. The highest BCUT2D eigenvalue weighted by atomic mass is 16.6. The Balaban J connectivity index is 2.30. The Morgan fingerprint density at radius 3 is 2.40 bits per heavy atom. The normalized spacial score (nSPS) is 12.2. The first-order valence-corrected chi connectivity index (χ1v) is 8.80. The van der Waals surface area contributed by atoms with Crippen LogP contribution in [0, 0.1) is 0 Å². The molecular weight excluding hydrogens is 318 g/mol. The first kappa shape index (κ1) is 20.8. The number of nitrogens with zero attached hydrogens (tertiary/aromatic N) is 1. The van der Waals surface area contributed by atoms with Crippen LogP contribution in [0.5, 0.6) is 0 Å². The molecule has 1 aromatic carbocycles. The minimum absolute atomic E-state index is 0.214. The van der Waals surface area contributed by atoms with Gasteiger partial charge in [-0.15, -0.1) is 0 Å². The molecule has 0 aliphatic carbocycles. The van der Waals surface area contributed by atoms with Crippen LogP contribution >= 0.6 is 0 Å². The van der Waals surface area contributed by atoms with Crippen LogP contribution in [0.4, 0.5) is 10.5 Å². The Labute approximate surface area is 150 Å². The van der Waals surface area contributed by atoms with E-state index in [1.807, 2.05) is 18.2 Å². The Hall–Kier alpha value is -2.24. The van der Waals surface area contributed by atoms with Crippen molar-refractivity contribution in [2.24, 2.45) is 0 Å². The summed E-state index contributed by atoms with van der Waals surface area (Å²) in [6.45, 7) is 11.4. The van der Waals surface area contributed by atoms with E-state index in [9.17, 15) is 9.59 Å². The number of ether oxygens (including phenoxy) is 1. The predicted molar refractivity (Wildman–Crippen MR) is 101 cm³/mol. The maximum Gasteiger partial charge on any atom is 0.408 e. The molecule has 6 nitrogen and oxygen atoms in total. The number of alkyl carbamates (subject to hydrolysis) is 1. The van der Waals surface area contributed by atoms with E-state index >= 15 is 0 Å². The molecule has 6 heteroatoms. The SMILES string of the molecule is CCN(CCCNC(=O)[C@@H](C)NC(=O)OC(C)(C)C)c1ccccc1. The van der Waals surface area contributed by atoms with E-state index in [0.717, 1.165) is 19.5 Å². The lowest BCUT2D eigenvalue weighted by atomic mass is 10.2. The van der Waals surface area contributed by atoms with Crippen molar-refractivity contribution in [3.8, 4) is 0 Å². The van der Waals surface area contributed by atoms with Gasteiger partial charge in [-0.1, -0.05) is 18.2 Å². The summed E-state index contributed by atoms with van der Waals surface area (Å²) >= 11 is 0. The van der Waals surface area contributed by atoms with Gasteiger partial charge in [-0.25, -0.2) is 4.79 Å². The number of benzene rings is 1. The number of para-hydroxylation sites is 1. The summed E-state index contributed by atoms with van der Waals surface area (Å²) in [5, 5.41) is 5.38. The molecule has 0 heterocycles. The van der Waals surface area contributed by atoms with Gasteiger partial charge in [0, 0.05) is 25.3 Å². The van der Waals surface area contributed by atoms with Gasteiger partial charge in [0.05, 0.1) is 0 Å². The lowest BCUT2D eigenvalue weighted by Crippen LogP contribution is -2.46. The van der Waals surface area contributed by atoms with Gasteiger partial charge >= 0.3 is 6.09 Å². The Bertz CT molecular complexity index is 541. The van der Waals surface area contributed by atoms with Crippen LogP contribution in [0.1, 0.15) is 41.0 Å². The second-order valence-electron chi connectivity index (χ2n) is 6.93. The second kappa shape index (κ2) is 9.91. The average molecular weight is 349 g/mol. The fourth-order valence-corrected chi connectivity index (χ4v) is 2.29. The molecule has 0 aliphatic heterocycles. The molecule has 0 unspecified atom stereocenters. The molecule has 0 bridgehead atoms. The first-order valence-electron chi connectivity index (χ1n) is 8.80. The molecule has 0 fully saturated rings. The zero-order valence-corrected chi connectivity index (χ0v) is 16.0. The van der Waals surface area contributed by atoms with Gasteiger partial charge in [0.2, 0.25) is 5.91 Å². The van der Waals surface area contributed by atoms with Crippen molar-refractivity contribution in [1.82, 2.24) is 10.6 Å². The third-order valence-corrected chi connectivity index (χ3v) is 3.53. The fourth-order valence-electron chi connectivity index (χ4n) is 2.29. The van der Waals surface area contributed by atoms with E-state index in [0.29, 0.717) is 6.54 Å². The number of carbonyl (C=O) groups is 2. The molecule has 140 valence electrons. The molecule has 0 aromatic heterocycles. The Morgan fingerprint density at radius 1 is 1.20 bits per heavy atom. The van der Waals surface area contributed by atoms with E-state index in [1.54, 1.807) is 27.7 Å². The maximum absolute atomic E-state index is 12.0. The second-order valence-corrected chi connectivity index (χ2v) is 6.93. The lowest BCUT2D eigenvalue weighted by molar-refractivity contribution is -0.122. The Morgan fingerprint density at radius 2 is 1.84 bits per heavy atom. The Kier molecular flexibility index (Phi) is 8.25. The molecule has 1 rings (SSSR count). The van der Waals surface area contributed by atoms with E-state index in [4.69, 9.17) is 4.74 Å². The summed E-state index contributed by atoms with van der Waals surface area (Å²) in [4.78, 5) is 26.0. The van der Waals surface area contributed by atoms with Crippen LogP contribution in [0.3, 0.4) is 0 Å². The van der Waals surface area contributed by atoms with Crippen molar-refractivity contribution in [2.75, 3.05) is 24.5 Å². The molecule has 0 radical (unpaired) electrons. The monoisotopic (exact) mass is 349 g/mol. The van der Waals surface area contributed by atoms with Crippen LogP contribution in [0.15, 0.2) is 30.3 Å². The van der Waals surface area contributed by atoms with Crippen molar-refractivity contribution in [2.45, 2.75) is 52.7 Å². The summed E-state index contributed by atoms with van der Waals surface area (Å²) < 4.78 is 5.14. The van der Waals surface area contributed by atoms with Gasteiger partial charge in [0.1, 0.15) is 11.6 Å². The minimum Gasteiger partial charge on any atom is -0.444 e. The van der Waals surface area contributed by atoms with Crippen molar-refractivity contribution in [3.63, 3.8) is 0 Å². The number of carbonyl (C=O) groups excluding carboxylic acids is 2. The summed E-state index contributed by atoms with van der Waals surface area (Å²) in [7, 11) is 0. The van der Waals surface area contributed by atoms with Gasteiger partial charge < -0.3 is 20.3 Å². The smallest absolute Gasteiger partial charge is 0.408 e. The highest BCUT2D eigenvalue weighted by molar-refractivity contribution is 5.85. The third kappa shape index (κ3) is 8.42. The third-order valence-electron chi connectivity index (χ3n) is 3.53. The van der Waals surface area contributed by atoms with Crippen molar-refractivity contribution in [1.29, 1.82) is 0 Å². The first-order chi connectivity index (χ1) is 11.7. The molecule has 2 N–H and O–H groups in total. The molecule has 0 saturated heterocycles. The number of anilines is 1. The molecule has 0 saturated carbocycles. The molecule has 25 heavy (non-hydrogen) atoms. The lowest BCUT2D eigenvalue weighted by Gasteiger charge is -2.23. The summed E-state index contributed by atoms with van der Waals surface area (Å²) in [6, 6.07) is 9.56. The topological polar surface area (TPSA) is 70.7 Å². The van der Waals surface area contributed by atoms with Gasteiger partial charge in [0.15, 0.2) is 0 Å². The van der Waals surface area contributed by atoms with Gasteiger partial charge in [-0.3, -0.25) is 4.79 Å². The predicted octanol–water partition coefficient (Wildman–Crippen LogP) is 2.93. The van der Waals surface area contributed by atoms with Crippen LogP contribution in [-0.2, 0) is 9.53 Å². The van der Waals surface area contributed by atoms with E-state index in [2.05, 4.69) is 34.6 Å². The largest absolute Gasteiger partial charge is 0.444 e. The molecule has 2 amide bonds. The number of hydrogen-bond acceptors (Lipinski definition) is 4. The van der Waals surface area contributed by atoms with Crippen LogP contribution in [-0.4, -0.2) is 43.3 Å². The molecular formula is C19H31N3O3. The number of nitrogens with one attached hydrogen (secondary N) is 2. The zero-order valence-electron chi connectivity index (χ0n) is 16.0. The standard InChI is InChI=1S/C19H31N3O3/c1-6-22(16-11-8-7-9-12-16)14-10-13-20-17(23)15(2)21-18(24)25-19(3,4)5/h7-9,11-12,15H,6,10,13-14H2,1-5H3,(H,20,23)(H,21,24)/t15-/m1/s1. The number of amides is 2. The highest BCUT2D eigenvalue weighted by Gasteiger charge is 2.20. The van der Waals surface area contributed by atoms with Crippen LogP contribution in [0.25, 0.3) is 0 Å². The van der Waals surface area contributed by atoms with Crippen LogP contribution in [0.2, 0.25) is 0 Å². The van der Waals surface area contributed by atoms with Crippen LogP contribution < -0.4 is 15.5 Å². The van der Waals surface area contributed by atoms with E-state index < -0.39 is 17.7 Å². The maximum atomic E-state index is 12.0. The average Bonchev–Trinajstić information content (AvgIpc) is 2.53. The summed E-state index contributed by atoms with van der Waals surface area (Å²) in [5.41, 5.74) is 0.595. The van der Waals surface area contributed by atoms with Crippen molar-refractivity contribution in [3.05, 3.63) is 30.3 Å². The molecule has 0 spiro atoms. The van der Waals surface area contributed by atoms with Gasteiger partial charge in [-0.05, 0) is 53.2 Å².